The topological polar surface area (TPSA) is 110 Å². The van der Waals surface area contributed by atoms with Crippen LogP contribution in [0.1, 0.15) is 18.5 Å². The third-order valence-corrected chi connectivity index (χ3v) is 1.33. The fourth-order valence-corrected chi connectivity index (χ4v) is 0.628. The molecule has 0 aliphatic rings. The molecule has 0 aromatic rings. The summed E-state index contributed by atoms with van der Waals surface area (Å²) in [5.74, 6) is -1.69. The standard InChI is InChI=1S/C7H13NO5.4Na.4H/c8-5(7(11)12)1-2-6(10)13-4-3-9;;;;;;;;/h5,9H,1-4,8H2,(H,11,12);;;;;;;;/q;4*+1;4*-1/t5-;;;;;;;;/m0......../s1. The van der Waals surface area contributed by atoms with E-state index in [0.29, 0.717) is 0 Å². The van der Waals surface area contributed by atoms with Gasteiger partial charge in [-0.2, -0.15) is 0 Å². The number of hydrogen-bond donors (Lipinski definition) is 3. The van der Waals surface area contributed by atoms with E-state index in [1.54, 1.807) is 0 Å². The molecule has 84 valence electrons. The van der Waals surface area contributed by atoms with E-state index in [4.69, 9.17) is 15.9 Å². The molecular weight excluding hydrogens is 270 g/mol. The summed E-state index contributed by atoms with van der Waals surface area (Å²) in [6.07, 6.45) is -0.00688. The first-order chi connectivity index (χ1) is 6.07. The maximum absolute atomic E-state index is 10.7. The monoisotopic (exact) mass is 287 g/mol. The maximum atomic E-state index is 10.7. The molecule has 0 bridgehead atoms. The quantitative estimate of drug-likeness (QED) is 0.330. The zero-order chi connectivity index (χ0) is 10.3. The smallest absolute Gasteiger partial charge is 1.00 e. The third-order valence-electron chi connectivity index (χ3n) is 1.33. The molecule has 0 radical (unpaired) electrons. The Labute approximate surface area is 195 Å². The van der Waals surface area contributed by atoms with Crippen molar-refractivity contribution in [2.75, 3.05) is 13.2 Å². The van der Waals surface area contributed by atoms with Crippen molar-refractivity contribution in [3.05, 3.63) is 0 Å². The number of rotatable bonds is 6. The molecule has 0 heterocycles. The molecule has 0 aliphatic carbocycles. The summed E-state index contributed by atoms with van der Waals surface area (Å²) in [4.78, 5) is 21.0. The average Bonchev–Trinajstić information content (AvgIpc) is 2.10. The van der Waals surface area contributed by atoms with Gasteiger partial charge in [0.1, 0.15) is 12.6 Å². The summed E-state index contributed by atoms with van der Waals surface area (Å²) in [5.41, 5.74) is 5.14. The van der Waals surface area contributed by atoms with Gasteiger partial charge in [0.25, 0.3) is 0 Å². The summed E-state index contributed by atoms with van der Waals surface area (Å²) in [6, 6.07) is -1.04. The van der Waals surface area contributed by atoms with Gasteiger partial charge in [0.15, 0.2) is 0 Å². The van der Waals surface area contributed by atoms with Gasteiger partial charge < -0.3 is 26.4 Å². The fourth-order valence-electron chi connectivity index (χ4n) is 0.628. The maximum Gasteiger partial charge on any atom is 1.00 e. The van der Waals surface area contributed by atoms with E-state index in [0.717, 1.165) is 0 Å². The third kappa shape index (κ3) is 21.3. The minimum absolute atomic E-state index is 0. The van der Waals surface area contributed by atoms with Crippen LogP contribution in [0.3, 0.4) is 0 Å². The van der Waals surface area contributed by atoms with Gasteiger partial charge in [0, 0.05) is 6.42 Å². The molecule has 6 nitrogen and oxygen atoms in total. The summed E-state index contributed by atoms with van der Waals surface area (Å²) in [5, 5.41) is 16.6. The molecule has 1 atom stereocenters. The summed E-state index contributed by atoms with van der Waals surface area (Å²) >= 11 is 0. The van der Waals surface area contributed by atoms with Crippen LogP contribution in [0.25, 0.3) is 0 Å². The Hall–Kier alpha value is 2.86. The number of carbonyl (C=O) groups excluding carboxylic acids is 1. The molecule has 0 rings (SSSR count). The van der Waals surface area contributed by atoms with Crippen molar-refractivity contribution in [3.63, 3.8) is 0 Å². The van der Waals surface area contributed by atoms with E-state index in [-0.39, 0.29) is 150 Å². The number of esters is 1. The van der Waals surface area contributed by atoms with Gasteiger partial charge in [-0.3, -0.25) is 9.59 Å². The van der Waals surface area contributed by atoms with Crippen LogP contribution in [0.5, 0.6) is 0 Å². The molecule has 17 heavy (non-hydrogen) atoms. The number of aliphatic hydroxyl groups excluding tert-OH is 1. The predicted octanol–water partition coefficient (Wildman–Crippen LogP) is -12.8. The number of carboxylic acids is 1. The number of hydrogen-bond acceptors (Lipinski definition) is 5. The van der Waals surface area contributed by atoms with Crippen LogP contribution in [-0.4, -0.2) is 41.4 Å². The van der Waals surface area contributed by atoms with E-state index in [2.05, 4.69) is 4.74 Å². The fraction of sp³-hybridized carbons (Fsp3) is 0.714. The molecule has 0 unspecified atom stereocenters. The van der Waals surface area contributed by atoms with Gasteiger partial charge in [0.2, 0.25) is 0 Å². The van der Waals surface area contributed by atoms with Crippen molar-refractivity contribution in [3.8, 4) is 0 Å². The first kappa shape index (κ1) is 32.0. The van der Waals surface area contributed by atoms with Crippen molar-refractivity contribution in [2.45, 2.75) is 18.9 Å². The number of ether oxygens (including phenoxy) is 1. The Balaban J connectivity index is -0.0000000257. The molecule has 10 heteroatoms. The van der Waals surface area contributed by atoms with Gasteiger partial charge in [0.05, 0.1) is 6.61 Å². The van der Waals surface area contributed by atoms with E-state index in [1.165, 1.54) is 0 Å². The molecule has 0 amide bonds. The number of carboxylic acid groups (broad SMARTS) is 1. The van der Waals surface area contributed by atoms with Crippen LogP contribution in [0, 0.1) is 0 Å². The van der Waals surface area contributed by atoms with Crippen molar-refractivity contribution in [2.24, 2.45) is 5.73 Å². The summed E-state index contributed by atoms with van der Waals surface area (Å²) in [6.45, 7) is -0.308. The minimum Gasteiger partial charge on any atom is -1.00 e. The molecule has 0 aliphatic heterocycles. The Bertz CT molecular complexity index is 210. The van der Waals surface area contributed by atoms with E-state index < -0.39 is 18.0 Å². The number of aliphatic hydroxyl groups is 1. The summed E-state index contributed by atoms with van der Waals surface area (Å²) < 4.78 is 4.48. The van der Waals surface area contributed by atoms with Crippen molar-refractivity contribution >= 4 is 11.9 Å². The van der Waals surface area contributed by atoms with E-state index in [9.17, 15) is 9.59 Å². The Morgan fingerprint density at radius 3 is 2.06 bits per heavy atom. The van der Waals surface area contributed by atoms with Gasteiger partial charge in [-0.1, -0.05) is 0 Å². The number of nitrogens with two attached hydrogens (primary N) is 1. The first-order valence-corrected chi connectivity index (χ1v) is 3.82. The zero-order valence-electron chi connectivity index (χ0n) is 15.1. The van der Waals surface area contributed by atoms with Crippen LogP contribution >= 0.6 is 0 Å². The Morgan fingerprint density at radius 2 is 1.71 bits per heavy atom. The molecule has 0 aromatic carbocycles. The van der Waals surface area contributed by atoms with Crippen LogP contribution in [0.15, 0.2) is 0 Å². The molecule has 0 saturated carbocycles. The summed E-state index contributed by atoms with van der Waals surface area (Å²) in [7, 11) is 0. The normalized spacial score (nSPS) is 9.29. The van der Waals surface area contributed by atoms with E-state index in [1.807, 2.05) is 0 Å². The van der Waals surface area contributed by atoms with Gasteiger partial charge in [-0.15, -0.1) is 0 Å². The second-order valence-electron chi connectivity index (χ2n) is 2.43. The SMILES string of the molecule is N[C@@H](CCC(=O)OCCO)C(=O)O.[H-].[H-].[H-].[H-].[Na+].[Na+].[Na+].[Na+]. The average molecular weight is 287 g/mol. The first-order valence-electron chi connectivity index (χ1n) is 3.82. The predicted molar refractivity (Wildman–Crippen MR) is 47.3 cm³/mol. The minimum atomic E-state index is -1.14. The van der Waals surface area contributed by atoms with Crippen molar-refractivity contribution in [1.29, 1.82) is 0 Å². The number of aliphatic carboxylic acids is 1. The Kier molecular flexibility index (Phi) is 39.8. The molecule has 4 N–H and O–H groups in total. The van der Waals surface area contributed by atoms with Gasteiger partial charge in [-0.05, 0) is 6.42 Å². The molecule has 0 saturated heterocycles. The van der Waals surface area contributed by atoms with Crippen molar-refractivity contribution in [1.82, 2.24) is 0 Å². The van der Waals surface area contributed by atoms with Crippen LogP contribution in [0.4, 0.5) is 0 Å². The Morgan fingerprint density at radius 1 is 1.24 bits per heavy atom. The van der Waals surface area contributed by atoms with Crippen LogP contribution in [0.2, 0.25) is 0 Å². The second-order valence-corrected chi connectivity index (χ2v) is 2.43. The number of carbonyl (C=O) groups is 2. The van der Waals surface area contributed by atoms with Gasteiger partial charge in [-0.25, -0.2) is 0 Å². The zero-order valence-corrected chi connectivity index (χ0v) is 19.1. The van der Waals surface area contributed by atoms with Crippen molar-refractivity contribution < 1.29 is 148 Å². The van der Waals surface area contributed by atoms with E-state index >= 15 is 0 Å². The molecule has 0 fully saturated rings. The molecule has 0 spiro atoms. The largest absolute Gasteiger partial charge is 1.00 e. The second kappa shape index (κ2) is 21.2. The van der Waals surface area contributed by atoms with Gasteiger partial charge >= 0.3 is 130 Å². The molecular formula is C7H17NNa4O5. The molecule has 0 aromatic heterocycles. The van der Waals surface area contributed by atoms with Crippen LogP contribution < -0.4 is 124 Å². The van der Waals surface area contributed by atoms with Crippen LogP contribution in [-0.2, 0) is 14.3 Å².